The van der Waals surface area contributed by atoms with E-state index in [0.717, 1.165) is 27.6 Å². The minimum Gasteiger partial charge on any atom is -0.497 e. The van der Waals surface area contributed by atoms with Crippen LogP contribution in [0.5, 0.6) is 11.5 Å². The summed E-state index contributed by atoms with van der Waals surface area (Å²) in [5, 5.41) is 24.0. The van der Waals surface area contributed by atoms with Gasteiger partial charge in [0.1, 0.15) is 29.3 Å². The minimum absolute atomic E-state index is 0.0255. The molecule has 41 heavy (non-hydrogen) atoms. The van der Waals surface area contributed by atoms with E-state index in [1.54, 1.807) is 32.4 Å². The number of carbonyl (C=O) groups is 2. The van der Waals surface area contributed by atoms with Crippen molar-refractivity contribution in [2.75, 3.05) is 19.5 Å². The Bertz CT molecular complexity index is 1770. The molecule has 3 heterocycles. The fourth-order valence-electron chi connectivity index (χ4n) is 5.20. The molecule has 0 saturated carbocycles. The predicted molar refractivity (Wildman–Crippen MR) is 155 cm³/mol. The zero-order chi connectivity index (χ0) is 29.3. The fraction of sp³-hybridized carbons (Fsp3) is 0.267. The molecule has 3 aromatic heterocycles. The molecule has 0 aliphatic rings. The van der Waals surface area contributed by atoms with E-state index in [1.807, 2.05) is 42.7 Å². The highest BCUT2D eigenvalue weighted by molar-refractivity contribution is 6.05. The van der Waals surface area contributed by atoms with Crippen LogP contribution in [0.25, 0.3) is 33.2 Å². The van der Waals surface area contributed by atoms with Crippen LogP contribution >= 0.6 is 0 Å². The summed E-state index contributed by atoms with van der Waals surface area (Å²) in [6.45, 7) is 4.44. The zero-order valence-corrected chi connectivity index (χ0v) is 23.2. The van der Waals surface area contributed by atoms with Gasteiger partial charge in [-0.2, -0.15) is 0 Å². The van der Waals surface area contributed by atoms with Crippen molar-refractivity contribution in [2.45, 2.75) is 39.3 Å². The summed E-state index contributed by atoms with van der Waals surface area (Å²) in [5.41, 5.74) is 4.67. The number of ether oxygens (including phenoxy) is 2. The van der Waals surface area contributed by atoms with Gasteiger partial charge in [-0.3, -0.25) is 4.79 Å². The van der Waals surface area contributed by atoms with Crippen LogP contribution in [0.2, 0.25) is 0 Å². The molecule has 0 saturated heterocycles. The number of fused-ring (bicyclic) bond motifs is 2. The first kappa shape index (κ1) is 27.5. The molecule has 4 N–H and O–H groups in total. The molecule has 0 fully saturated rings. The smallest absolute Gasteiger partial charge is 0.335 e. The quantitative estimate of drug-likeness (QED) is 0.165. The molecule has 0 radical (unpaired) electrons. The van der Waals surface area contributed by atoms with Gasteiger partial charge >= 0.3 is 11.9 Å². The van der Waals surface area contributed by atoms with E-state index in [-0.39, 0.29) is 24.4 Å². The van der Waals surface area contributed by atoms with E-state index in [0.29, 0.717) is 40.7 Å². The third kappa shape index (κ3) is 5.25. The molecule has 11 heteroatoms. The Kier molecular flexibility index (Phi) is 7.52. The summed E-state index contributed by atoms with van der Waals surface area (Å²) in [6, 6.07) is 12.4. The number of benzene rings is 2. The van der Waals surface area contributed by atoms with Crippen LogP contribution in [-0.2, 0) is 17.8 Å². The van der Waals surface area contributed by atoms with Gasteiger partial charge in [0.2, 0.25) is 0 Å². The molecule has 0 spiro atoms. The van der Waals surface area contributed by atoms with Crippen molar-refractivity contribution < 1.29 is 29.3 Å². The molecule has 5 rings (SSSR count). The van der Waals surface area contributed by atoms with E-state index in [4.69, 9.17) is 9.47 Å². The monoisotopic (exact) mass is 557 g/mol. The molecular weight excluding hydrogens is 526 g/mol. The Morgan fingerprint density at radius 2 is 1.85 bits per heavy atom. The highest BCUT2D eigenvalue weighted by Gasteiger charge is 2.26. The summed E-state index contributed by atoms with van der Waals surface area (Å²) >= 11 is 0. The molecule has 0 amide bonds. The number of carboxylic acids is 2. The molecular formula is C30H31N5O6. The number of methoxy groups -OCH3 is 2. The van der Waals surface area contributed by atoms with Crippen molar-refractivity contribution >= 4 is 39.7 Å². The van der Waals surface area contributed by atoms with Crippen molar-refractivity contribution in [1.82, 2.24) is 19.5 Å². The molecule has 0 aliphatic heterocycles. The van der Waals surface area contributed by atoms with Crippen molar-refractivity contribution in [2.24, 2.45) is 0 Å². The van der Waals surface area contributed by atoms with Crippen molar-refractivity contribution in [3.63, 3.8) is 0 Å². The number of aromatic amines is 1. The normalized spacial score (nSPS) is 11.3. The lowest BCUT2D eigenvalue weighted by atomic mass is 10.0. The van der Waals surface area contributed by atoms with Gasteiger partial charge in [-0.25, -0.2) is 14.8 Å². The van der Waals surface area contributed by atoms with Crippen LogP contribution in [0, 0.1) is 0 Å². The van der Waals surface area contributed by atoms with Gasteiger partial charge in [0.25, 0.3) is 0 Å². The Morgan fingerprint density at radius 1 is 1.05 bits per heavy atom. The molecule has 0 bridgehead atoms. The highest BCUT2D eigenvalue weighted by atomic mass is 16.5. The van der Waals surface area contributed by atoms with Gasteiger partial charge in [-0.1, -0.05) is 6.07 Å². The summed E-state index contributed by atoms with van der Waals surface area (Å²) < 4.78 is 12.9. The zero-order valence-electron chi connectivity index (χ0n) is 23.2. The lowest BCUT2D eigenvalue weighted by Crippen LogP contribution is -2.09. The van der Waals surface area contributed by atoms with Crippen LogP contribution in [0.15, 0.2) is 48.8 Å². The summed E-state index contributed by atoms with van der Waals surface area (Å²) in [4.78, 5) is 35.8. The number of anilines is 1. The average molecular weight is 558 g/mol. The molecule has 0 aliphatic carbocycles. The van der Waals surface area contributed by atoms with E-state index in [9.17, 15) is 19.8 Å². The summed E-state index contributed by atoms with van der Waals surface area (Å²) in [6.07, 6.45) is 1.68. The lowest BCUT2D eigenvalue weighted by Gasteiger charge is -2.14. The third-order valence-corrected chi connectivity index (χ3v) is 7.06. The molecule has 2 aromatic carbocycles. The maximum absolute atomic E-state index is 11.7. The number of hydrogen-bond acceptors (Lipinski definition) is 7. The van der Waals surface area contributed by atoms with Gasteiger partial charge < -0.3 is 34.6 Å². The Morgan fingerprint density at radius 3 is 2.54 bits per heavy atom. The largest absolute Gasteiger partial charge is 0.497 e. The lowest BCUT2D eigenvalue weighted by molar-refractivity contribution is -0.137. The number of aromatic carboxylic acids is 1. The van der Waals surface area contributed by atoms with Crippen molar-refractivity contribution in [3.8, 4) is 22.8 Å². The van der Waals surface area contributed by atoms with Crippen LogP contribution in [-0.4, -0.2) is 55.9 Å². The van der Waals surface area contributed by atoms with Crippen LogP contribution in [0.4, 0.5) is 5.82 Å². The van der Waals surface area contributed by atoms with E-state index < -0.39 is 11.9 Å². The standard InChI is InChI=1S/C30H31N5O6/c1-16(2)35-23(9-10-25(36)37)26(22-11-17-5-6-18(30(38)39)12-21(17)34-22)27-28(32-15-33-29(27)35)31-14-19-7-8-20(40-3)13-24(19)41-4/h5-8,11-13,15-16,34H,9-10,14H2,1-4H3,(H,36,37)(H,38,39)(H,31,32,33). The number of nitrogens with zero attached hydrogens (tertiary/aromatic N) is 3. The second-order valence-corrected chi connectivity index (χ2v) is 9.92. The molecule has 0 unspecified atom stereocenters. The molecule has 11 nitrogen and oxygen atoms in total. The average Bonchev–Trinajstić information content (AvgIpc) is 3.53. The highest BCUT2D eigenvalue weighted by Crippen LogP contribution is 2.41. The van der Waals surface area contributed by atoms with Gasteiger partial charge in [-0.15, -0.1) is 0 Å². The second-order valence-electron chi connectivity index (χ2n) is 9.92. The maximum Gasteiger partial charge on any atom is 0.335 e. The fourth-order valence-corrected chi connectivity index (χ4v) is 5.20. The van der Waals surface area contributed by atoms with Crippen LogP contribution < -0.4 is 14.8 Å². The van der Waals surface area contributed by atoms with Gasteiger partial charge in [0, 0.05) is 52.1 Å². The molecule has 212 valence electrons. The van der Waals surface area contributed by atoms with Crippen LogP contribution in [0.3, 0.4) is 0 Å². The number of aromatic nitrogens is 4. The Labute approximate surface area is 235 Å². The third-order valence-electron chi connectivity index (χ3n) is 7.06. The predicted octanol–water partition coefficient (Wildman–Crippen LogP) is 5.51. The van der Waals surface area contributed by atoms with Crippen molar-refractivity contribution in [1.29, 1.82) is 0 Å². The SMILES string of the molecule is COc1ccc(CNc2ncnc3c2c(-c2cc4ccc(C(=O)O)cc4[nH]2)c(CCC(=O)O)n3C(C)C)c(OC)c1. The number of carboxylic acid groups (broad SMARTS) is 2. The summed E-state index contributed by atoms with van der Waals surface area (Å²) in [5.74, 6) is -0.0112. The molecule has 0 atom stereocenters. The Balaban J connectivity index is 1.70. The Hall–Kier alpha value is -5.06. The number of H-pyrrole nitrogens is 1. The van der Waals surface area contributed by atoms with Crippen molar-refractivity contribution in [3.05, 3.63) is 65.6 Å². The first-order valence-electron chi connectivity index (χ1n) is 13.1. The van der Waals surface area contributed by atoms with E-state index >= 15 is 0 Å². The van der Waals surface area contributed by atoms with Gasteiger partial charge in [0.05, 0.1) is 31.6 Å². The number of nitrogens with one attached hydrogen (secondary N) is 2. The molecule has 5 aromatic rings. The minimum atomic E-state index is -1.02. The van der Waals surface area contributed by atoms with Gasteiger partial charge in [0.15, 0.2) is 0 Å². The number of aliphatic carboxylic acids is 1. The van der Waals surface area contributed by atoms with Crippen LogP contribution in [0.1, 0.15) is 47.9 Å². The first-order chi connectivity index (χ1) is 19.7. The summed E-state index contributed by atoms with van der Waals surface area (Å²) in [7, 11) is 3.20. The first-order valence-corrected chi connectivity index (χ1v) is 13.1. The number of hydrogen-bond donors (Lipinski definition) is 4. The number of rotatable bonds is 11. The van der Waals surface area contributed by atoms with E-state index in [2.05, 4.69) is 20.3 Å². The van der Waals surface area contributed by atoms with Gasteiger partial charge in [-0.05, 0) is 50.6 Å². The maximum atomic E-state index is 11.7. The second kappa shape index (κ2) is 11.2. The van der Waals surface area contributed by atoms with E-state index in [1.165, 1.54) is 6.33 Å². The topological polar surface area (TPSA) is 152 Å².